The predicted molar refractivity (Wildman–Crippen MR) is 124 cm³/mol. The lowest BCUT2D eigenvalue weighted by atomic mass is 9.87. The minimum absolute atomic E-state index is 0.0560. The zero-order valence-electron chi connectivity index (χ0n) is 18.5. The first-order valence-electron chi connectivity index (χ1n) is 11.4. The molecule has 0 aliphatic heterocycles. The van der Waals surface area contributed by atoms with E-state index in [9.17, 15) is 9.59 Å². The van der Waals surface area contributed by atoms with Gasteiger partial charge in [-0.1, -0.05) is 19.8 Å². The number of rotatable bonds is 6. The molecule has 9 nitrogen and oxygen atoms in total. The molecule has 9 heteroatoms. The van der Waals surface area contributed by atoms with E-state index in [1.54, 1.807) is 23.7 Å². The zero-order chi connectivity index (χ0) is 22.2. The first-order valence-corrected chi connectivity index (χ1v) is 11.4. The van der Waals surface area contributed by atoms with E-state index >= 15 is 0 Å². The molecular weight excluding hydrogens is 406 g/mol. The van der Waals surface area contributed by atoms with Crippen molar-refractivity contribution < 1.29 is 4.79 Å². The monoisotopic (exact) mass is 435 g/mol. The molecular formula is C23H29N7O2. The topological polar surface area (TPSA) is 105 Å². The highest BCUT2D eigenvalue weighted by molar-refractivity contribution is 6.00. The van der Waals surface area contributed by atoms with Crippen LogP contribution in [0.1, 0.15) is 61.8 Å². The first kappa shape index (κ1) is 20.5. The Kier molecular flexibility index (Phi) is 5.32. The number of hydrogen-bond acceptors (Lipinski definition) is 6. The molecule has 2 aliphatic carbocycles. The average Bonchev–Trinajstić information content (AvgIpc) is 3.49. The Morgan fingerprint density at radius 1 is 1.22 bits per heavy atom. The highest BCUT2D eigenvalue weighted by Gasteiger charge is 2.26. The third-order valence-electron chi connectivity index (χ3n) is 6.42. The number of aromatic nitrogens is 4. The van der Waals surface area contributed by atoms with Crippen molar-refractivity contribution in [1.82, 2.24) is 24.5 Å². The molecule has 0 saturated heterocycles. The number of nitrogens with one attached hydrogen (secondary N) is 3. The van der Waals surface area contributed by atoms with Crippen LogP contribution in [0, 0.1) is 5.92 Å². The van der Waals surface area contributed by atoms with E-state index in [-0.39, 0.29) is 23.6 Å². The van der Waals surface area contributed by atoms with E-state index in [1.807, 2.05) is 16.8 Å². The van der Waals surface area contributed by atoms with E-state index in [1.165, 1.54) is 12.6 Å². The largest absolute Gasteiger partial charge is 0.373 e. The van der Waals surface area contributed by atoms with Gasteiger partial charge in [0.25, 0.3) is 11.5 Å². The van der Waals surface area contributed by atoms with E-state index < -0.39 is 0 Å². The minimum Gasteiger partial charge on any atom is -0.373 e. The van der Waals surface area contributed by atoms with Crippen LogP contribution in [0.15, 0.2) is 35.4 Å². The van der Waals surface area contributed by atoms with Crippen molar-refractivity contribution in [2.75, 3.05) is 17.7 Å². The lowest BCUT2D eigenvalue weighted by Gasteiger charge is -2.28. The van der Waals surface area contributed by atoms with Crippen LogP contribution < -0.4 is 21.5 Å². The van der Waals surface area contributed by atoms with Crippen molar-refractivity contribution in [1.29, 1.82) is 0 Å². The average molecular weight is 436 g/mol. The number of anilines is 3. The highest BCUT2D eigenvalue weighted by Crippen LogP contribution is 2.31. The molecule has 3 aromatic rings. The number of carbonyl (C=O) groups is 1. The fourth-order valence-electron chi connectivity index (χ4n) is 4.54. The van der Waals surface area contributed by atoms with E-state index in [0.29, 0.717) is 34.5 Å². The molecule has 0 radical (unpaired) electrons. The van der Waals surface area contributed by atoms with Crippen molar-refractivity contribution in [3.63, 3.8) is 0 Å². The second-order valence-corrected chi connectivity index (χ2v) is 9.00. The number of pyridine rings is 1. The van der Waals surface area contributed by atoms with Gasteiger partial charge in [0, 0.05) is 31.4 Å². The molecule has 3 heterocycles. The van der Waals surface area contributed by atoms with Crippen LogP contribution in [0.5, 0.6) is 0 Å². The van der Waals surface area contributed by atoms with Gasteiger partial charge in [-0.2, -0.15) is 9.61 Å². The van der Waals surface area contributed by atoms with Gasteiger partial charge in [-0.25, -0.2) is 4.98 Å². The molecule has 3 aromatic heterocycles. The van der Waals surface area contributed by atoms with Gasteiger partial charge < -0.3 is 20.5 Å². The molecule has 0 unspecified atom stereocenters. The Morgan fingerprint density at radius 2 is 2.06 bits per heavy atom. The van der Waals surface area contributed by atoms with Gasteiger partial charge in [0.1, 0.15) is 22.9 Å². The second-order valence-electron chi connectivity index (χ2n) is 9.00. The normalized spacial score (nSPS) is 20.8. The van der Waals surface area contributed by atoms with Crippen molar-refractivity contribution >= 4 is 28.9 Å². The first-order chi connectivity index (χ1) is 15.5. The van der Waals surface area contributed by atoms with E-state index in [4.69, 9.17) is 0 Å². The van der Waals surface area contributed by atoms with Crippen molar-refractivity contribution in [3.05, 3.63) is 46.5 Å². The number of amides is 1. The van der Waals surface area contributed by atoms with Crippen LogP contribution >= 0.6 is 0 Å². The van der Waals surface area contributed by atoms with Gasteiger partial charge in [-0.3, -0.25) is 9.59 Å². The Labute approximate surface area is 186 Å². The predicted octanol–water partition coefficient (Wildman–Crippen LogP) is 3.32. The summed E-state index contributed by atoms with van der Waals surface area (Å²) in [6.45, 7) is 2.25. The summed E-state index contributed by atoms with van der Waals surface area (Å²) in [5.74, 6) is 1.60. The van der Waals surface area contributed by atoms with Crippen LogP contribution in [0.3, 0.4) is 0 Å². The number of hydrogen-bond donors (Lipinski definition) is 3. The van der Waals surface area contributed by atoms with Crippen LogP contribution in [-0.2, 0) is 0 Å². The van der Waals surface area contributed by atoms with E-state index in [0.717, 1.165) is 32.1 Å². The minimum atomic E-state index is -0.178. The maximum absolute atomic E-state index is 13.2. The Morgan fingerprint density at radius 3 is 2.81 bits per heavy atom. The fraction of sp³-hybridized carbons (Fsp3) is 0.478. The summed E-state index contributed by atoms with van der Waals surface area (Å²) in [4.78, 5) is 30.5. The van der Waals surface area contributed by atoms with Gasteiger partial charge in [-0.05, 0) is 43.7 Å². The molecule has 0 aromatic carbocycles. The number of carbonyl (C=O) groups excluding carboxylic acids is 1. The molecule has 0 spiro atoms. The number of fused-ring (bicyclic) bond motifs is 1. The Bertz CT molecular complexity index is 1210. The molecule has 0 bridgehead atoms. The molecule has 2 aliphatic rings. The highest BCUT2D eigenvalue weighted by atomic mass is 16.2. The van der Waals surface area contributed by atoms with E-state index in [2.05, 4.69) is 33.0 Å². The third-order valence-corrected chi connectivity index (χ3v) is 6.42. The molecule has 2 fully saturated rings. The van der Waals surface area contributed by atoms with Crippen LogP contribution in [0.4, 0.5) is 17.3 Å². The van der Waals surface area contributed by atoms with Gasteiger partial charge in [0.15, 0.2) is 5.65 Å². The summed E-state index contributed by atoms with van der Waals surface area (Å²) in [6, 6.07) is 5.92. The SMILES string of the molecule is CNc1cc(Nc2cccn([C@@H]3CCC[C@H](C)C3)c2=O)nc2c(C(=O)NC3CC3)cnn12. The standard InChI is InChI=1S/C23H29N7O2/c1-14-5-3-6-16(11-14)29-10-4-7-18(23(29)32)27-19-12-20(24-2)30-21(28-19)17(13-25-30)22(31)26-15-8-9-15/h4,7,10,12-16,24H,3,5-6,8-9,11H2,1-2H3,(H,26,31)(H,27,28)/t14-,16+/m0/s1. The molecule has 5 rings (SSSR count). The third kappa shape index (κ3) is 3.94. The smallest absolute Gasteiger partial charge is 0.274 e. The summed E-state index contributed by atoms with van der Waals surface area (Å²) < 4.78 is 3.45. The molecule has 32 heavy (non-hydrogen) atoms. The van der Waals surface area contributed by atoms with Crippen LogP contribution in [0.2, 0.25) is 0 Å². The summed E-state index contributed by atoms with van der Waals surface area (Å²) in [6.07, 6.45) is 9.84. The lowest BCUT2D eigenvalue weighted by Crippen LogP contribution is -2.29. The van der Waals surface area contributed by atoms with Crippen molar-refractivity contribution in [3.8, 4) is 0 Å². The van der Waals surface area contributed by atoms with Crippen molar-refractivity contribution in [2.45, 2.75) is 57.5 Å². The Hall–Kier alpha value is -3.36. The van der Waals surface area contributed by atoms with Crippen LogP contribution in [-0.4, -0.2) is 38.2 Å². The van der Waals surface area contributed by atoms with Crippen LogP contribution in [0.25, 0.3) is 5.65 Å². The summed E-state index contributed by atoms with van der Waals surface area (Å²) >= 11 is 0. The second kappa shape index (κ2) is 8.29. The molecule has 1 amide bonds. The molecule has 2 saturated carbocycles. The quantitative estimate of drug-likeness (QED) is 0.549. The molecule has 168 valence electrons. The van der Waals surface area contributed by atoms with Gasteiger partial charge in [-0.15, -0.1) is 0 Å². The molecule has 2 atom stereocenters. The lowest BCUT2D eigenvalue weighted by molar-refractivity contribution is 0.0952. The zero-order valence-corrected chi connectivity index (χ0v) is 18.5. The maximum Gasteiger partial charge on any atom is 0.274 e. The molecule has 3 N–H and O–H groups in total. The summed E-state index contributed by atoms with van der Waals surface area (Å²) in [5.41, 5.74) is 1.26. The fourth-order valence-corrected chi connectivity index (χ4v) is 4.54. The Balaban J connectivity index is 1.48. The van der Waals surface area contributed by atoms with Gasteiger partial charge in [0.05, 0.1) is 6.20 Å². The number of nitrogens with zero attached hydrogens (tertiary/aromatic N) is 4. The van der Waals surface area contributed by atoms with Gasteiger partial charge in [0.2, 0.25) is 0 Å². The summed E-state index contributed by atoms with van der Waals surface area (Å²) in [5, 5.41) is 13.6. The maximum atomic E-state index is 13.2. The van der Waals surface area contributed by atoms with Gasteiger partial charge >= 0.3 is 0 Å². The summed E-state index contributed by atoms with van der Waals surface area (Å²) in [7, 11) is 1.78. The van der Waals surface area contributed by atoms with Crippen molar-refractivity contribution in [2.24, 2.45) is 5.92 Å².